The first-order valence-corrected chi connectivity index (χ1v) is 4.51. The van der Waals surface area contributed by atoms with Crippen LogP contribution in [-0.4, -0.2) is 11.0 Å². The Balaban J connectivity index is 2.72. The molecule has 0 fully saturated rings. The van der Waals surface area contributed by atoms with Crippen LogP contribution in [0, 0.1) is 0 Å². The lowest BCUT2D eigenvalue weighted by Crippen LogP contribution is -2.22. The molecule has 4 heteroatoms. The van der Waals surface area contributed by atoms with E-state index in [4.69, 9.17) is 5.26 Å². The quantitative estimate of drug-likeness (QED) is 0.453. The lowest BCUT2D eigenvalue weighted by molar-refractivity contribution is -0.317. The summed E-state index contributed by atoms with van der Waals surface area (Å²) in [6.07, 6.45) is 0.555. The first kappa shape index (κ1) is 10.8. The Morgan fingerprint density at radius 3 is 2.50 bits per heavy atom. The molecular weight excluding hydrogens is 180 g/mol. The maximum Gasteiger partial charge on any atom is 0.209 e. The summed E-state index contributed by atoms with van der Waals surface area (Å²) in [5.41, 5.74) is -0.209. The van der Waals surface area contributed by atoms with Crippen molar-refractivity contribution in [2.24, 2.45) is 10.2 Å². The standard InChI is InChI=1S/C10H14N2O2/c1-3-10(2,14-13)12-11-9-7-5-4-6-8-9/h4-8,13H,3H2,1-2H3. The second-order valence-electron chi connectivity index (χ2n) is 3.16. The fraction of sp³-hybridized carbons (Fsp3) is 0.400. The minimum Gasteiger partial charge on any atom is -0.249 e. The van der Waals surface area contributed by atoms with Gasteiger partial charge in [-0.05, 0) is 25.5 Å². The molecule has 1 N–H and O–H groups in total. The van der Waals surface area contributed by atoms with Crippen LogP contribution in [0.4, 0.5) is 5.69 Å². The summed E-state index contributed by atoms with van der Waals surface area (Å²) in [5.74, 6) is 0. The van der Waals surface area contributed by atoms with Gasteiger partial charge in [0.25, 0.3) is 0 Å². The van der Waals surface area contributed by atoms with E-state index in [1.54, 1.807) is 6.92 Å². The molecule has 14 heavy (non-hydrogen) atoms. The fourth-order valence-electron chi connectivity index (χ4n) is 0.812. The fourth-order valence-corrected chi connectivity index (χ4v) is 0.812. The lowest BCUT2D eigenvalue weighted by atomic mass is 10.2. The van der Waals surface area contributed by atoms with Gasteiger partial charge in [0.1, 0.15) is 0 Å². The van der Waals surface area contributed by atoms with Gasteiger partial charge in [-0.2, -0.15) is 5.11 Å². The Morgan fingerprint density at radius 2 is 2.00 bits per heavy atom. The molecule has 1 atom stereocenters. The predicted octanol–water partition coefficient (Wildman–Crippen LogP) is 3.39. The zero-order chi connectivity index (χ0) is 10.4. The van der Waals surface area contributed by atoms with E-state index < -0.39 is 5.72 Å². The molecule has 76 valence electrons. The Kier molecular flexibility index (Phi) is 3.73. The van der Waals surface area contributed by atoms with Crippen molar-refractivity contribution < 1.29 is 10.1 Å². The van der Waals surface area contributed by atoms with E-state index in [9.17, 15) is 0 Å². The van der Waals surface area contributed by atoms with Gasteiger partial charge in [-0.1, -0.05) is 25.1 Å². The van der Waals surface area contributed by atoms with Crippen LogP contribution in [-0.2, 0) is 4.89 Å². The molecule has 1 unspecified atom stereocenters. The van der Waals surface area contributed by atoms with Crippen molar-refractivity contribution in [1.29, 1.82) is 0 Å². The van der Waals surface area contributed by atoms with Crippen molar-refractivity contribution in [1.82, 2.24) is 0 Å². The highest BCUT2D eigenvalue weighted by molar-refractivity contribution is 5.34. The number of azo groups is 1. The van der Waals surface area contributed by atoms with Crippen molar-refractivity contribution in [2.75, 3.05) is 0 Å². The highest BCUT2D eigenvalue weighted by Crippen LogP contribution is 2.19. The Morgan fingerprint density at radius 1 is 1.36 bits per heavy atom. The number of benzene rings is 1. The van der Waals surface area contributed by atoms with Gasteiger partial charge in [0.15, 0.2) is 0 Å². The summed E-state index contributed by atoms with van der Waals surface area (Å²) in [6, 6.07) is 9.31. The van der Waals surface area contributed by atoms with Gasteiger partial charge in [0.05, 0.1) is 5.69 Å². The molecule has 0 spiro atoms. The van der Waals surface area contributed by atoms with Crippen LogP contribution in [0.5, 0.6) is 0 Å². The van der Waals surface area contributed by atoms with Crippen LogP contribution in [0.15, 0.2) is 40.6 Å². The number of rotatable bonds is 4. The van der Waals surface area contributed by atoms with Gasteiger partial charge in [0.2, 0.25) is 5.72 Å². The van der Waals surface area contributed by atoms with Crippen molar-refractivity contribution in [3.8, 4) is 0 Å². The SMILES string of the molecule is CCC(C)(N=Nc1ccccc1)OO. The van der Waals surface area contributed by atoms with Gasteiger partial charge in [-0.3, -0.25) is 0 Å². The maximum atomic E-state index is 8.61. The van der Waals surface area contributed by atoms with E-state index in [0.29, 0.717) is 6.42 Å². The van der Waals surface area contributed by atoms with Gasteiger partial charge >= 0.3 is 0 Å². The molecule has 0 heterocycles. The summed E-state index contributed by atoms with van der Waals surface area (Å²) in [4.78, 5) is 4.25. The van der Waals surface area contributed by atoms with Crippen LogP contribution in [0.25, 0.3) is 0 Å². The molecule has 0 saturated carbocycles. The molecule has 1 rings (SSSR count). The molecule has 0 aliphatic rings. The Hall–Kier alpha value is -1.26. The summed E-state index contributed by atoms with van der Waals surface area (Å²) >= 11 is 0. The first-order chi connectivity index (χ1) is 6.70. The van der Waals surface area contributed by atoms with Crippen molar-refractivity contribution >= 4 is 5.69 Å². The average Bonchev–Trinajstić information content (AvgIpc) is 2.27. The van der Waals surface area contributed by atoms with Crippen LogP contribution in [0.1, 0.15) is 20.3 Å². The molecular formula is C10H14N2O2. The first-order valence-electron chi connectivity index (χ1n) is 4.51. The topological polar surface area (TPSA) is 54.2 Å². The summed E-state index contributed by atoms with van der Waals surface area (Å²) in [6.45, 7) is 3.53. The molecule has 0 radical (unpaired) electrons. The molecule has 1 aromatic carbocycles. The predicted molar refractivity (Wildman–Crippen MR) is 53.4 cm³/mol. The van der Waals surface area contributed by atoms with E-state index in [1.807, 2.05) is 37.3 Å². The van der Waals surface area contributed by atoms with E-state index in [2.05, 4.69) is 15.1 Å². The van der Waals surface area contributed by atoms with Gasteiger partial charge < -0.3 is 0 Å². The van der Waals surface area contributed by atoms with Crippen LogP contribution in [0.2, 0.25) is 0 Å². The largest absolute Gasteiger partial charge is 0.249 e. The average molecular weight is 194 g/mol. The third kappa shape index (κ3) is 2.90. The van der Waals surface area contributed by atoms with Crippen LogP contribution in [0.3, 0.4) is 0 Å². The van der Waals surface area contributed by atoms with Crippen molar-refractivity contribution in [2.45, 2.75) is 26.0 Å². The summed E-state index contributed by atoms with van der Waals surface area (Å²) in [5, 5.41) is 16.5. The monoisotopic (exact) mass is 194 g/mol. The second-order valence-corrected chi connectivity index (χ2v) is 3.16. The van der Waals surface area contributed by atoms with Crippen LogP contribution < -0.4 is 0 Å². The van der Waals surface area contributed by atoms with E-state index in [-0.39, 0.29) is 0 Å². The molecule has 0 aliphatic carbocycles. The molecule has 0 amide bonds. The molecule has 1 aromatic rings. The summed E-state index contributed by atoms with van der Waals surface area (Å²) < 4.78 is 0. The maximum absolute atomic E-state index is 8.61. The Labute approximate surface area is 83.2 Å². The highest BCUT2D eigenvalue weighted by Gasteiger charge is 2.21. The normalized spacial score (nSPS) is 15.6. The highest BCUT2D eigenvalue weighted by atomic mass is 17.1. The second kappa shape index (κ2) is 4.83. The minimum atomic E-state index is -0.949. The third-order valence-corrected chi connectivity index (χ3v) is 1.99. The van der Waals surface area contributed by atoms with Crippen LogP contribution >= 0.6 is 0 Å². The molecule has 4 nitrogen and oxygen atoms in total. The molecule has 0 aliphatic heterocycles. The molecule has 0 saturated heterocycles. The smallest absolute Gasteiger partial charge is 0.209 e. The van der Waals surface area contributed by atoms with E-state index in [1.165, 1.54) is 0 Å². The number of hydrogen-bond donors (Lipinski definition) is 1. The zero-order valence-electron chi connectivity index (χ0n) is 8.34. The van der Waals surface area contributed by atoms with Gasteiger partial charge in [-0.15, -0.1) is 5.11 Å². The molecule has 0 bridgehead atoms. The lowest BCUT2D eigenvalue weighted by Gasteiger charge is -2.16. The van der Waals surface area contributed by atoms with E-state index >= 15 is 0 Å². The van der Waals surface area contributed by atoms with Crippen molar-refractivity contribution in [3.05, 3.63) is 30.3 Å². The number of nitrogens with zero attached hydrogens (tertiary/aromatic N) is 2. The van der Waals surface area contributed by atoms with E-state index in [0.717, 1.165) is 5.69 Å². The van der Waals surface area contributed by atoms with Gasteiger partial charge in [0, 0.05) is 0 Å². The molecule has 0 aromatic heterocycles. The third-order valence-electron chi connectivity index (χ3n) is 1.99. The summed E-state index contributed by atoms with van der Waals surface area (Å²) in [7, 11) is 0. The van der Waals surface area contributed by atoms with Crippen molar-refractivity contribution in [3.63, 3.8) is 0 Å². The van der Waals surface area contributed by atoms with Gasteiger partial charge in [-0.25, -0.2) is 10.1 Å². The minimum absolute atomic E-state index is 0.555. The zero-order valence-corrected chi connectivity index (χ0v) is 8.34. The Bertz CT molecular complexity index is 294. The number of hydrogen-bond acceptors (Lipinski definition) is 4.